The van der Waals surface area contributed by atoms with Gasteiger partial charge in [-0.15, -0.1) is 0 Å². The molecule has 0 heterocycles. The van der Waals surface area contributed by atoms with Crippen molar-refractivity contribution in [3.05, 3.63) is 0 Å². The molecule has 0 rings (SSSR count). The molecule has 0 bridgehead atoms. The fourth-order valence-electron chi connectivity index (χ4n) is 0.844. The van der Waals surface area contributed by atoms with Gasteiger partial charge in [0.1, 0.15) is 0 Å². The Kier molecular flexibility index (Phi) is 4.65. The van der Waals surface area contributed by atoms with Gasteiger partial charge in [0.15, 0.2) is 0 Å². The number of methoxy groups -OCH3 is 1. The van der Waals surface area contributed by atoms with Crippen LogP contribution in [0.5, 0.6) is 0 Å². The zero-order chi connectivity index (χ0) is 8.15. The second kappa shape index (κ2) is 4.69. The smallest absolute Gasteiger partial charge is 0.0824 e. The molecule has 1 N–H and O–H groups in total. The van der Waals surface area contributed by atoms with E-state index >= 15 is 0 Å². The number of rotatable bonds is 4. The van der Waals surface area contributed by atoms with E-state index in [4.69, 9.17) is 4.74 Å². The van der Waals surface area contributed by atoms with Crippen LogP contribution in [0.4, 0.5) is 0 Å². The van der Waals surface area contributed by atoms with Gasteiger partial charge in [0, 0.05) is 7.11 Å². The largest absolute Gasteiger partial charge is 0.390 e. The van der Waals surface area contributed by atoms with E-state index in [1.165, 1.54) is 0 Å². The highest BCUT2D eigenvalue weighted by molar-refractivity contribution is 4.68. The van der Waals surface area contributed by atoms with Crippen molar-refractivity contribution in [3.8, 4) is 0 Å². The number of hydrogen-bond donors (Lipinski definition) is 1. The minimum absolute atomic E-state index is 0.0463. The molecule has 0 saturated carbocycles. The van der Waals surface area contributed by atoms with Gasteiger partial charge in [-0.05, 0) is 12.8 Å². The highest BCUT2D eigenvalue weighted by Gasteiger charge is 2.18. The lowest BCUT2D eigenvalue weighted by atomic mass is 9.98. The fraction of sp³-hybridized carbons (Fsp3) is 1.00. The van der Waals surface area contributed by atoms with E-state index < -0.39 is 0 Å². The van der Waals surface area contributed by atoms with Crippen molar-refractivity contribution < 1.29 is 9.84 Å². The lowest BCUT2D eigenvalue weighted by Crippen LogP contribution is -2.30. The number of ether oxygens (including phenoxy) is 1. The van der Waals surface area contributed by atoms with Gasteiger partial charge in [0.05, 0.1) is 12.2 Å². The summed E-state index contributed by atoms with van der Waals surface area (Å²) in [5.74, 6) is 0.329. The molecule has 0 radical (unpaired) electrons. The molecule has 0 aromatic heterocycles. The number of hydrogen-bond acceptors (Lipinski definition) is 2. The molecule has 62 valence electrons. The Bertz CT molecular complexity index is 73.3. The molecule has 0 spiro atoms. The zero-order valence-corrected chi connectivity index (χ0v) is 7.29. The first-order valence-electron chi connectivity index (χ1n) is 3.84. The molecule has 0 aliphatic heterocycles. The van der Waals surface area contributed by atoms with Crippen molar-refractivity contribution in [1.29, 1.82) is 0 Å². The zero-order valence-electron chi connectivity index (χ0n) is 7.29. The summed E-state index contributed by atoms with van der Waals surface area (Å²) in [5.41, 5.74) is 0. The van der Waals surface area contributed by atoms with Gasteiger partial charge >= 0.3 is 0 Å². The summed E-state index contributed by atoms with van der Waals surface area (Å²) in [6, 6.07) is 0. The lowest BCUT2D eigenvalue weighted by molar-refractivity contribution is -0.0281. The predicted molar refractivity (Wildman–Crippen MR) is 41.9 cm³/mol. The van der Waals surface area contributed by atoms with Gasteiger partial charge in [-0.3, -0.25) is 0 Å². The van der Waals surface area contributed by atoms with Crippen LogP contribution in [0.2, 0.25) is 0 Å². The summed E-state index contributed by atoms with van der Waals surface area (Å²) in [5, 5.41) is 9.46. The van der Waals surface area contributed by atoms with Crippen molar-refractivity contribution >= 4 is 0 Å². The maximum Gasteiger partial charge on any atom is 0.0824 e. The first kappa shape index (κ1) is 9.92. The Labute approximate surface area is 63.2 Å². The van der Waals surface area contributed by atoms with Crippen LogP contribution in [0.1, 0.15) is 27.2 Å². The Morgan fingerprint density at radius 2 is 1.90 bits per heavy atom. The van der Waals surface area contributed by atoms with E-state index in [1.807, 2.05) is 13.8 Å². The summed E-state index contributed by atoms with van der Waals surface area (Å²) < 4.78 is 4.98. The van der Waals surface area contributed by atoms with Gasteiger partial charge in [-0.25, -0.2) is 0 Å². The van der Waals surface area contributed by atoms with E-state index in [2.05, 4.69) is 6.92 Å². The monoisotopic (exact) mass is 146 g/mol. The van der Waals surface area contributed by atoms with Gasteiger partial charge < -0.3 is 9.84 Å². The highest BCUT2D eigenvalue weighted by Crippen LogP contribution is 2.12. The normalized spacial score (nSPS) is 20.1. The maximum absolute atomic E-state index is 9.46. The second-order valence-corrected chi connectivity index (χ2v) is 2.82. The van der Waals surface area contributed by atoms with Crippen molar-refractivity contribution in [3.63, 3.8) is 0 Å². The molecule has 2 heteroatoms. The maximum atomic E-state index is 9.46. The van der Waals surface area contributed by atoms with Crippen molar-refractivity contribution in [2.45, 2.75) is 39.4 Å². The third-order valence-corrected chi connectivity index (χ3v) is 2.08. The summed E-state index contributed by atoms with van der Waals surface area (Å²) in [6.45, 7) is 5.98. The standard InChI is InChI=1S/C8H18O2/c1-5-6(2)8(9)7(3)10-4/h6-9H,5H2,1-4H3/t6-,7?,8?/m1/s1. The minimum atomic E-state index is -0.324. The first-order valence-corrected chi connectivity index (χ1v) is 3.84. The molecular formula is C8H18O2. The molecule has 0 amide bonds. The van der Waals surface area contributed by atoms with Crippen LogP contribution in [0.3, 0.4) is 0 Å². The Morgan fingerprint density at radius 3 is 2.20 bits per heavy atom. The Hall–Kier alpha value is -0.0800. The third kappa shape index (κ3) is 2.67. The molecule has 0 aliphatic carbocycles. The quantitative estimate of drug-likeness (QED) is 0.650. The fourth-order valence-corrected chi connectivity index (χ4v) is 0.844. The molecule has 0 saturated heterocycles. The topological polar surface area (TPSA) is 29.5 Å². The number of aliphatic hydroxyl groups is 1. The average molecular weight is 146 g/mol. The van der Waals surface area contributed by atoms with E-state index in [0.29, 0.717) is 5.92 Å². The molecule has 0 aromatic carbocycles. The van der Waals surface area contributed by atoms with Crippen LogP contribution >= 0.6 is 0 Å². The second-order valence-electron chi connectivity index (χ2n) is 2.82. The molecule has 0 aliphatic rings. The van der Waals surface area contributed by atoms with E-state index in [0.717, 1.165) is 6.42 Å². The van der Waals surface area contributed by atoms with Crippen LogP contribution in [0, 0.1) is 5.92 Å². The highest BCUT2D eigenvalue weighted by atomic mass is 16.5. The number of aliphatic hydroxyl groups excluding tert-OH is 1. The molecule has 10 heavy (non-hydrogen) atoms. The van der Waals surface area contributed by atoms with Crippen molar-refractivity contribution in [1.82, 2.24) is 0 Å². The Balaban J connectivity index is 3.69. The summed E-state index contributed by atoms with van der Waals surface area (Å²) in [4.78, 5) is 0. The van der Waals surface area contributed by atoms with Gasteiger partial charge in [-0.1, -0.05) is 20.3 Å². The average Bonchev–Trinajstić information content (AvgIpc) is 2.00. The van der Waals surface area contributed by atoms with Gasteiger partial charge in [0.2, 0.25) is 0 Å². The summed E-state index contributed by atoms with van der Waals surface area (Å²) in [6.07, 6.45) is 0.624. The molecule has 2 nitrogen and oxygen atoms in total. The molecule has 3 atom stereocenters. The van der Waals surface area contributed by atoms with Crippen LogP contribution in [-0.2, 0) is 4.74 Å². The van der Waals surface area contributed by atoms with Gasteiger partial charge in [0.25, 0.3) is 0 Å². The molecule has 0 aromatic rings. The van der Waals surface area contributed by atoms with Crippen LogP contribution in [0.25, 0.3) is 0 Å². The molecule has 2 unspecified atom stereocenters. The first-order chi connectivity index (χ1) is 4.63. The van der Waals surface area contributed by atoms with E-state index in [9.17, 15) is 5.11 Å². The van der Waals surface area contributed by atoms with Crippen LogP contribution in [0.15, 0.2) is 0 Å². The summed E-state index contributed by atoms with van der Waals surface area (Å²) in [7, 11) is 1.62. The van der Waals surface area contributed by atoms with E-state index in [1.54, 1.807) is 7.11 Å². The Morgan fingerprint density at radius 1 is 1.40 bits per heavy atom. The third-order valence-electron chi connectivity index (χ3n) is 2.08. The van der Waals surface area contributed by atoms with Gasteiger partial charge in [-0.2, -0.15) is 0 Å². The predicted octanol–water partition coefficient (Wildman–Crippen LogP) is 1.43. The van der Waals surface area contributed by atoms with Crippen molar-refractivity contribution in [2.24, 2.45) is 5.92 Å². The van der Waals surface area contributed by atoms with Crippen LogP contribution in [-0.4, -0.2) is 24.4 Å². The lowest BCUT2D eigenvalue weighted by Gasteiger charge is -2.22. The van der Waals surface area contributed by atoms with Crippen molar-refractivity contribution in [2.75, 3.05) is 7.11 Å². The molecular weight excluding hydrogens is 128 g/mol. The van der Waals surface area contributed by atoms with E-state index in [-0.39, 0.29) is 12.2 Å². The van der Waals surface area contributed by atoms with Crippen LogP contribution < -0.4 is 0 Å². The molecule has 0 fully saturated rings. The minimum Gasteiger partial charge on any atom is -0.390 e. The summed E-state index contributed by atoms with van der Waals surface area (Å²) >= 11 is 0. The SMILES string of the molecule is CC[C@@H](C)C(O)C(C)OC.